The number of halogens is 3. The van der Waals surface area contributed by atoms with Crippen molar-refractivity contribution in [2.75, 3.05) is 0 Å². The fraction of sp³-hybridized carbons (Fsp3) is 0.800. The molecular weight excluding hydrogens is 147 g/mol. The predicted molar refractivity (Wildman–Crippen MR) is 29.3 cm³/mol. The lowest BCUT2D eigenvalue weighted by Crippen LogP contribution is -2.43. The molecule has 60 valence electrons. The van der Waals surface area contributed by atoms with Gasteiger partial charge in [0.15, 0.2) is 6.17 Å². The Morgan fingerprint density at radius 1 is 1.70 bits per heavy atom. The largest absolute Gasteiger partial charge is 0.364 e. The predicted octanol–water partition coefficient (Wildman–Crippen LogP) is 0.855. The Hall–Kier alpha value is -0.740. The molecule has 0 fully saturated rings. The summed E-state index contributed by atoms with van der Waals surface area (Å²) in [7, 11) is 0. The van der Waals surface area contributed by atoms with Gasteiger partial charge >= 0.3 is 5.92 Å². The van der Waals surface area contributed by atoms with Crippen LogP contribution in [0.3, 0.4) is 0 Å². The van der Waals surface area contributed by atoms with Gasteiger partial charge in [0.25, 0.3) is 5.91 Å². The maximum atomic E-state index is 12.1. The SMILES string of the molecule is CCC(F)C(F)(F)C(N)=O. The maximum Gasteiger partial charge on any atom is 0.354 e. The van der Waals surface area contributed by atoms with Gasteiger partial charge < -0.3 is 5.73 Å². The number of rotatable bonds is 3. The van der Waals surface area contributed by atoms with Crippen LogP contribution >= 0.6 is 0 Å². The van der Waals surface area contributed by atoms with Crippen LogP contribution < -0.4 is 5.73 Å². The monoisotopic (exact) mass is 155 g/mol. The fourth-order valence-corrected chi connectivity index (χ4v) is 0.411. The number of alkyl halides is 3. The maximum absolute atomic E-state index is 12.1. The van der Waals surface area contributed by atoms with Crippen LogP contribution in [0.2, 0.25) is 0 Å². The Morgan fingerprint density at radius 2 is 2.10 bits per heavy atom. The van der Waals surface area contributed by atoms with Crippen LogP contribution in [-0.4, -0.2) is 18.0 Å². The second-order valence-electron chi connectivity index (χ2n) is 1.86. The summed E-state index contributed by atoms with van der Waals surface area (Å²) in [6.07, 6.45) is -2.89. The molecule has 10 heavy (non-hydrogen) atoms. The van der Waals surface area contributed by atoms with E-state index in [1.807, 2.05) is 0 Å². The van der Waals surface area contributed by atoms with Crippen molar-refractivity contribution in [2.24, 2.45) is 5.73 Å². The Morgan fingerprint density at radius 3 is 2.20 bits per heavy atom. The van der Waals surface area contributed by atoms with Gasteiger partial charge in [0, 0.05) is 0 Å². The van der Waals surface area contributed by atoms with Crippen LogP contribution in [0.1, 0.15) is 13.3 Å². The number of amides is 1. The Labute approximate surface area is 56.2 Å². The standard InChI is InChI=1S/C5H8F3NO/c1-2-3(6)5(7,8)4(9)10/h3H,2H2,1H3,(H2,9,10). The van der Waals surface area contributed by atoms with Gasteiger partial charge in [-0.1, -0.05) is 6.92 Å². The lowest BCUT2D eigenvalue weighted by atomic mass is 10.1. The third-order valence-corrected chi connectivity index (χ3v) is 1.08. The molecule has 2 N–H and O–H groups in total. The lowest BCUT2D eigenvalue weighted by molar-refractivity contribution is -0.152. The Balaban J connectivity index is 4.23. The van der Waals surface area contributed by atoms with E-state index in [1.165, 1.54) is 6.92 Å². The van der Waals surface area contributed by atoms with Gasteiger partial charge in [0.2, 0.25) is 0 Å². The average molecular weight is 155 g/mol. The molecule has 0 saturated heterocycles. The number of hydrogen-bond acceptors (Lipinski definition) is 1. The van der Waals surface area contributed by atoms with E-state index in [9.17, 15) is 18.0 Å². The zero-order valence-electron chi connectivity index (χ0n) is 5.40. The summed E-state index contributed by atoms with van der Waals surface area (Å²) in [5, 5.41) is 0. The molecular formula is C5H8F3NO. The summed E-state index contributed by atoms with van der Waals surface area (Å²) in [5.41, 5.74) is 4.22. The first-order valence-corrected chi connectivity index (χ1v) is 2.74. The van der Waals surface area contributed by atoms with Crippen LogP contribution in [0.5, 0.6) is 0 Å². The van der Waals surface area contributed by atoms with Gasteiger partial charge in [0.1, 0.15) is 0 Å². The van der Waals surface area contributed by atoms with E-state index in [2.05, 4.69) is 5.73 Å². The molecule has 0 aliphatic carbocycles. The van der Waals surface area contributed by atoms with Gasteiger partial charge in [-0.05, 0) is 6.42 Å². The van der Waals surface area contributed by atoms with Crippen molar-refractivity contribution in [1.29, 1.82) is 0 Å². The smallest absolute Gasteiger partial charge is 0.354 e. The van der Waals surface area contributed by atoms with Gasteiger partial charge in [-0.25, -0.2) is 4.39 Å². The summed E-state index contributed by atoms with van der Waals surface area (Å²) in [5.74, 6) is -5.93. The topological polar surface area (TPSA) is 43.1 Å². The first-order chi connectivity index (χ1) is 4.42. The minimum atomic E-state index is -4.02. The van der Waals surface area contributed by atoms with Gasteiger partial charge in [-0.3, -0.25) is 4.79 Å². The zero-order chi connectivity index (χ0) is 8.36. The van der Waals surface area contributed by atoms with Crippen molar-refractivity contribution < 1.29 is 18.0 Å². The molecule has 1 amide bonds. The first-order valence-electron chi connectivity index (χ1n) is 2.74. The molecule has 0 aliphatic heterocycles. The third kappa shape index (κ3) is 1.62. The molecule has 0 aliphatic rings. The Kier molecular flexibility index (Phi) is 2.68. The van der Waals surface area contributed by atoms with E-state index in [1.54, 1.807) is 0 Å². The summed E-state index contributed by atoms with van der Waals surface area (Å²) in [6, 6.07) is 0. The average Bonchev–Trinajstić information content (AvgIpc) is 1.86. The number of carbonyl (C=O) groups is 1. The molecule has 0 saturated carbocycles. The third-order valence-electron chi connectivity index (χ3n) is 1.08. The molecule has 0 radical (unpaired) electrons. The van der Waals surface area contributed by atoms with Gasteiger partial charge in [-0.15, -0.1) is 0 Å². The molecule has 0 aromatic rings. The van der Waals surface area contributed by atoms with Gasteiger partial charge in [0.05, 0.1) is 0 Å². The highest BCUT2D eigenvalue weighted by Crippen LogP contribution is 2.22. The van der Waals surface area contributed by atoms with Crippen molar-refractivity contribution in [3.8, 4) is 0 Å². The Bertz CT molecular complexity index is 137. The van der Waals surface area contributed by atoms with Crippen LogP contribution in [0.15, 0.2) is 0 Å². The second-order valence-corrected chi connectivity index (χ2v) is 1.86. The van der Waals surface area contributed by atoms with Crippen LogP contribution in [0, 0.1) is 0 Å². The van der Waals surface area contributed by atoms with Crippen molar-refractivity contribution in [3.63, 3.8) is 0 Å². The van der Waals surface area contributed by atoms with Crippen LogP contribution in [-0.2, 0) is 4.79 Å². The first kappa shape index (κ1) is 9.26. The number of hydrogen-bond donors (Lipinski definition) is 1. The van der Waals surface area contributed by atoms with E-state index < -0.39 is 24.4 Å². The lowest BCUT2D eigenvalue weighted by Gasteiger charge is -2.14. The van der Waals surface area contributed by atoms with Crippen molar-refractivity contribution in [1.82, 2.24) is 0 Å². The molecule has 1 atom stereocenters. The van der Waals surface area contributed by atoms with Crippen LogP contribution in [0.25, 0.3) is 0 Å². The molecule has 0 aromatic carbocycles. The molecule has 2 nitrogen and oxygen atoms in total. The molecule has 0 rings (SSSR count). The summed E-state index contributed by atoms with van der Waals surface area (Å²) >= 11 is 0. The van der Waals surface area contributed by atoms with E-state index in [-0.39, 0.29) is 0 Å². The van der Waals surface area contributed by atoms with E-state index >= 15 is 0 Å². The van der Waals surface area contributed by atoms with E-state index in [0.29, 0.717) is 0 Å². The summed E-state index contributed by atoms with van der Waals surface area (Å²) in [4.78, 5) is 9.85. The number of carbonyl (C=O) groups excluding carboxylic acids is 1. The number of primary amides is 1. The minimum absolute atomic E-state index is 0.421. The van der Waals surface area contributed by atoms with Crippen molar-refractivity contribution in [2.45, 2.75) is 25.4 Å². The number of nitrogens with two attached hydrogens (primary N) is 1. The van der Waals surface area contributed by atoms with Gasteiger partial charge in [-0.2, -0.15) is 8.78 Å². The fourth-order valence-electron chi connectivity index (χ4n) is 0.411. The second kappa shape index (κ2) is 2.90. The van der Waals surface area contributed by atoms with Crippen molar-refractivity contribution in [3.05, 3.63) is 0 Å². The highest BCUT2D eigenvalue weighted by atomic mass is 19.3. The summed E-state index contributed by atoms with van der Waals surface area (Å²) in [6.45, 7) is 1.21. The highest BCUT2D eigenvalue weighted by Gasteiger charge is 2.45. The molecule has 0 aromatic heterocycles. The highest BCUT2D eigenvalue weighted by molar-refractivity contribution is 5.82. The van der Waals surface area contributed by atoms with E-state index in [4.69, 9.17) is 0 Å². The molecule has 0 heterocycles. The molecule has 5 heteroatoms. The summed E-state index contributed by atoms with van der Waals surface area (Å²) < 4.78 is 36.3. The van der Waals surface area contributed by atoms with Crippen LogP contribution in [0.4, 0.5) is 13.2 Å². The minimum Gasteiger partial charge on any atom is -0.364 e. The molecule has 0 spiro atoms. The normalized spacial score (nSPS) is 14.8. The molecule has 1 unspecified atom stereocenters. The van der Waals surface area contributed by atoms with Crippen molar-refractivity contribution >= 4 is 5.91 Å². The zero-order valence-corrected chi connectivity index (χ0v) is 5.40. The quantitative estimate of drug-likeness (QED) is 0.645. The molecule has 0 bridgehead atoms. The van der Waals surface area contributed by atoms with E-state index in [0.717, 1.165) is 0 Å².